The molecular formula is C87H59N5. The van der Waals surface area contributed by atoms with Crippen molar-refractivity contribution in [2.24, 2.45) is 0 Å². The monoisotopic (exact) mass is 1170 g/mol. The van der Waals surface area contributed by atoms with Gasteiger partial charge in [0.1, 0.15) is 5.82 Å². The van der Waals surface area contributed by atoms with Crippen LogP contribution in [0.15, 0.2) is 285 Å². The molecule has 0 unspecified atom stereocenters. The van der Waals surface area contributed by atoms with Crippen LogP contribution >= 0.6 is 0 Å². The Balaban J connectivity index is 0.699. The average molecular weight is 1170 g/mol. The Morgan fingerprint density at radius 1 is 0.239 bits per heavy atom. The molecule has 432 valence electrons. The van der Waals surface area contributed by atoms with Crippen LogP contribution in [-0.4, -0.2) is 23.3 Å². The van der Waals surface area contributed by atoms with E-state index in [-0.39, 0.29) is 10.8 Å². The highest BCUT2D eigenvalue weighted by atomic mass is 15.1. The first kappa shape index (κ1) is 51.4. The van der Waals surface area contributed by atoms with Gasteiger partial charge in [-0.2, -0.15) is 0 Å². The van der Waals surface area contributed by atoms with Crippen LogP contribution in [0.3, 0.4) is 0 Å². The van der Waals surface area contributed by atoms with Gasteiger partial charge in [-0.25, -0.2) is 4.98 Å². The molecule has 0 fully saturated rings. The first-order valence-electron chi connectivity index (χ1n) is 32.2. The van der Waals surface area contributed by atoms with Crippen LogP contribution in [0, 0.1) is 0 Å². The molecule has 0 atom stereocenters. The number of hydrogen-bond donors (Lipinski definition) is 0. The van der Waals surface area contributed by atoms with Crippen molar-refractivity contribution in [3.8, 4) is 67.4 Å². The molecule has 5 aromatic heterocycles. The lowest BCUT2D eigenvalue weighted by Gasteiger charge is -2.22. The molecule has 0 amide bonds. The average Bonchev–Trinajstić information content (AvgIpc) is 1.60. The molecule has 0 spiro atoms. The van der Waals surface area contributed by atoms with Crippen LogP contribution in [0.2, 0.25) is 0 Å². The SMILES string of the molecule is CC1(C)c2ccccc2-c2ccc(-n3c4ccccc4c4cc(-c5ccc6c(c5)c5ccccc5n6-c5cc(-n6c7ccccc7c7cc(-c8ccc9c(c8)c8ccccc8n9-c8ccc9c(c8)C(C)(C)c8ccccc8-9)ccc76)c6ccccc6n5)ccc43)cc21. The van der Waals surface area contributed by atoms with Gasteiger partial charge in [0, 0.05) is 76.7 Å². The van der Waals surface area contributed by atoms with Gasteiger partial charge in [-0.1, -0.05) is 204 Å². The fraction of sp³-hybridized carbons (Fsp3) is 0.0690. The van der Waals surface area contributed by atoms with Gasteiger partial charge in [0.25, 0.3) is 0 Å². The van der Waals surface area contributed by atoms with Gasteiger partial charge in [-0.15, -0.1) is 0 Å². The zero-order chi connectivity index (χ0) is 60.9. The number of hydrogen-bond acceptors (Lipinski definition) is 1. The molecule has 5 heterocycles. The molecule has 0 bridgehead atoms. The first-order chi connectivity index (χ1) is 45.1. The summed E-state index contributed by atoms with van der Waals surface area (Å²) < 4.78 is 9.77. The molecule has 18 aromatic rings. The Bertz CT molecular complexity index is 6270. The van der Waals surface area contributed by atoms with Crippen molar-refractivity contribution in [3.05, 3.63) is 307 Å². The lowest BCUT2D eigenvalue weighted by molar-refractivity contribution is 0.660. The van der Waals surface area contributed by atoms with Gasteiger partial charge in [-0.3, -0.25) is 4.57 Å². The third-order valence-corrected chi connectivity index (χ3v) is 21.2. The van der Waals surface area contributed by atoms with Crippen LogP contribution in [0.5, 0.6) is 0 Å². The minimum atomic E-state index is -0.0950. The second-order valence-corrected chi connectivity index (χ2v) is 26.7. The molecule has 0 saturated carbocycles. The van der Waals surface area contributed by atoms with E-state index in [0.29, 0.717) is 0 Å². The maximum atomic E-state index is 5.55. The third kappa shape index (κ3) is 7.00. The molecule has 0 aliphatic heterocycles. The van der Waals surface area contributed by atoms with E-state index < -0.39 is 0 Å². The van der Waals surface area contributed by atoms with E-state index in [2.05, 4.69) is 331 Å². The van der Waals surface area contributed by atoms with E-state index >= 15 is 0 Å². The number of fused-ring (bicyclic) bond motifs is 19. The van der Waals surface area contributed by atoms with Gasteiger partial charge in [0.15, 0.2) is 0 Å². The van der Waals surface area contributed by atoms with E-state index in [1.54, 1.807) is 0 Å². The van der Waals surface area contributed by atoms with E-state index in [1.807, 2.05) is 0 Å². The van der Waals surface area contributed by atoms with Crippen molar-refractivity contribution < 1.29 is 0 Å². The Morgan fingerprint density at radius 3 is 1.01 bits per heavy atom. The maximum Gasteiger partial charge on any atom is 0.140 e. The Morgan fingerprint density at radius 2 is 0.565 bits per heavy atom. The summed E-state index contributed by atoms with van der Waals surface area (Å²) in [5.74, 6) is 0.870. The van der Waals surface area contributed by atoms with E-state index in [1.165, 1.54) is 143 Å². The number of pyridine rings is 1. The number of para-hydroxylation sites is 5. The van der Waals surface area contributed by atoms with E-state index in [0.717, 1.165) is 44.5 Å². The molecule has 5 nitrogen and oxygen atoms in total. The summed E-state index contributed by atoms with van der Waals surface area (Å²) in [6.07, 6.45) is 0. The van der Waals surface area contributed by atoms with Gasteiger partial charge in [0.05, 0.1) is 55.3 Å². The van der Waals surface area contributed by atoms with Crippen molar-refractivity contribution in [1.29, 1.82) is 0 Å². The molecule has 5 heteroatoms. The summed E-state index contributed by atoms with van der Waals surface area (Å²) in [4.78, 5) is 5.55. The zero-order valence-corrected chi connectivity index (χ0v) is 51.4. The van der Waals surface area contributed by atoms with Crippen molar-refractivity contribution in [2.45, 2.75) is 38.5 Å². The summed E-state index contributed by atoms with van der Waals surface area (Å²) >= 11 is 0. The minimum absolute atomic E-state index is 0.0949. The molecular weight excluding hydrogens is 1110 g/mol. The quantitative estimate of drug-likeness (QED) is 0.163. The first-order valence-corrected chi connectivity index (χ1v) is 32.2. The second kappa shape index (κ2) is 18.5. The lowest BCUT2D eigenvalue weighted by Crippen LogP contribution is -2.15. The minimum Gasteiger partial charge on any atom is -0.309 e. The summed E-state index contributed by atoms with van der Waals surface area (Å²) in [5, 5.41) is 10.8. The highest BCUT2D eigenvalue weighted by molar-refractivity contribution is 6.16. The normalized spacial score (nSPS) is 13.8. The lowest BCUT2D eigenvalue weighted by atomic mass is 9.82. The highest BCUT2D eigenvalue weighted by Gasteiger charge is 2.37. The standard InChI is InChI=1S/C87H59N5/c1-86(2)71-26-12-5-19-58(71)60-39-37-56(49-73(60)86)89-76-29-15-8-21-62(76)67-45-52(33-41-80(67)89)54-35-43-82-69(47-54)64-23-10-17-31-78(64)91(82)84-51-85(88-75-28-14-7-25-66(75)84)92-79-32-18-11-24-65(79)70-48-55(36-44-83(70)92)53-34-42-81-68(46-53)63-22-9-16-30-77(63)90(81)57-38-40-61-59-20-6-13-27-72(59)87(3,4)74(61)50-57/h5-51H,1-4H3. The predicted molar refractivity (Wildman–Crippen MR) is 385 cm³/mol. The predicted octanol–water partition coefficient (Wildman–Crippen LogP) is 22.6. The third-order valence-electron chi connectivity index (χ3n) is 21.2. The molecule has 0 N–H and O–H groups in total. The maximum absolute atomic E-state index is 5.55. The summed E-state index contributed by atoms with van der Waals surface area (Å²) in [6, 6.07) is 107. The largest absolute Gasteiger partial charge is 0.309 e. The molecule has 20 rings (SSSR count). The zero-order valence-electron chi connectivity index (χ0n) is 51.4. The van der Waals surface area contributed by atoms with Gasteiger partial charge in [-0.05, 0) is 170 Å². The van der Waals surface area contributed by atoms with Crippen LogP contribution in [0.1, 0.15) is 49.9 Å². The molecule has 13 aromatic carbocycles. The molecule has 92 heavy (non-hydrogen) atoms. The van der Waals surface area contributed by atoms with E-state index in [9.17, 15) is 0 Å². The molecule has 0 saturated heterocycles. The number of benzene rings is 13. The van der Waals surface area contributed by atoms with Gasteiger partial charge in [0.2, 0.25) is 0 Å². The van der Waals surface area contributed by atoms with E-state index in [4.69, 9.17) is 4.98 Å². The number of rotatable bonds is 6. The fourth-order valence-electron chi connectivity index (χ4n) is 16.8. The highest BCUT2D eigenvalue weighted by Crippen LogP contribution is 2.52. The van der Waals surface area contributed by atoms with Gasteiger partial charge < -0.3 is 13.7 Å². The van der Waals surface area contributed by atoms with Crippen molar-refractivity contribution >= 4 is 98.1 Å². The van der Waals surface area contributed by atoms with Crippen molar-refractivity contribution in [2.75, 3.05) is 0 Å². The van der Waals surface area contributed by atoms with Gasteiger partial charge >= 0.3 is 0 Å². The van der Waals surface area contributed by atoms with Crippen LogP contribution in [0.4, 0.5) is 0 Å². The summed E-state index contributed by atoms with van der Waals surface area (Å²) in [6.45, 7) is 9.45. The molecule has 2 aliphatic carbocycles. The van der Waals surface area contributed by atoms with Crippen LogP contribution in [-0.2, 0) is 10.8 Å². The fourth-order valence-corrected chi connectivity index (χ4v) is 16.8. The van der Waals surface area contributed by atoms with Crippen molar-refractivity contribution in [1.82, 2.24) is 23.3 Å². The number of nitrogens with zero attached hydrogens (tertiary/aromatic N) is 5. The molecule has 2 aliphatic rings. The molecule has 0 radical (unpaired) electrons. The smallest absolute Gasteiger partial charge is 0.140 e. The summed E-state index contributed by atoms with van der Waals surface area (Å²) in [7, 11) is 0. The van der Waals surface area contributed by atoms with Crippen LogP contribution < -0.4 is 0 Å². The Hall–Kier alpha value is -11.5. The Labute approximate surface area is 531 Å². The van der Waals surface area contributed by atoms with Crippen LogP contribution in [0.25, 0.3) is 166 Å². The van der Waals surface area contributed by atoms with Crippen molar-refractivity contribution in [3.63, 3.8) is 0 Å². The Kier molecular flexibility index (Phi) is 10.3. The number of aromatic nitrogens is 5. The second-order valence-electron chi connectivity index (χ2n) is 26.7. The summed E-state index contributed by atoms with van der Waals surface area (Å²) in [5.41, 5.74) is 29.1. The topological polar surface area (TPSA) is 32.6 Å².